The van der Waals surface area contributed by atoms with E-state index < -0.39 is 19.9 Å². The molecular weight excluding hydrogens is 488 g/mol. The number of hydrogen-bond donors (Lipinski definition) is 1. The summed E-state index contributed by atoms with van der Waals surface area (Å²) in [5.74, 6) is 0. The summed E-state index contributed by atoms with van der Waals surface area (Å²) in [6.07, 6.45) is 13.4. The Morgan fingerprint density at radius 2 is 1.35 bits per heavy atom. The minimum absolute atomic E-state index is 0.287. The van der Waals surface area contributed by atoms with Crippen molar-refractivity contribution in [1.82, 2.24) is 10.0 Å². The highest BCUT2D eigenvalue weighted by atomic mass is 32.2. The Balaban J connectivity index is 1.63. The monoisotopic (exact) mass is 527 g/mol. The van der Waals surface area contributed by atoms with Crippen LogP contribution in [-0.4, -0.2) is 29.6 Å². The van der Waals surface area contributed by atoms with E-state index in [1.54, 1.807) is 36.4 Å². The maximum Gasteiger partial charge on any atom is 0.250 e. The fourth-order valence-electron chi connectivity index (χ4n) is 3.61. The van der Waals surface area contributed by atoms with Crippen LogP contribution in [0.4, 0.5) is 0 Å². The second-order valence-corrected chi connectivity index (χ2v) is 13.9. The van der Waals surface area contributed by atoms with Gasteiger partial charge in [0, 0.05) is 30.8 Å². The minimum atomic E-state index is -3.48. The first-order valence-electron chi connectivity index (χ1n) is 12.2. The van der Waals surface area contributed by atoms with Crippen LogP contribution in [0, 0.1) is 0 Å². The summed E-state index contributed by atoms with van der Waals surface area (Å²) < 4.78 is 51.2. The average molecular weight is 528 g/mol. The van der Waals surface area contributed by atoms with Gasteiger partial charge in [0.15, 0.2) is 9.84 Å². The minimum Gasteiger partial charge on any atom is -0.231 e. The summed E-state index contributed by atoms with van der Waals surface area (Å²) in [4.78, 5) is 1.17. The molecule has 191 valence electrons. The maximum absolute atomic E-state index is 12.5. The molecule has 1 aromatic heterocycles. The van der Waals surface area contributed by atoms with Crippen molar-refractivity contribution in [2.24, 2.45) is 0 Å². The second kappa shape index (κ2) is 15.0. The van der Waals surface area contributed by atoms with E-state index in [2.05, 4.69) is 17.0 Å². The van der Waals surface area contributed by atoms with Crippen LogP contribution in [0.25, 0.3) is 0 Å². The van der Waals surface area contributed by atoms with Crippen molar-refractivity contribution < 1.29 is 16.8 Å². The van der Waals surface area contributed by atoms with Gasteiger partial charge in [0.1, 0.15) is 4.21 Å². The van der Waals surface area contributed by atoms with Crippen LogP contribution in [0.15, 0.2) is 45.5 Å². The van der Waals surface area contributed by atoms with E-state index in [0.717, 1.165) is 29.7 Å². The third-order valence-corrected chi connectivity index (χ3v) is 9.79. The lowest BCUT2D eigenvalue weighted by Crippen LogP contribution is -2.23. The van der Waals surface area contributed by atoms with Crippen LogP contribution in [0.5, 0.6) is 0 Å². The van der Waals surface area contributed by atoms with E-state index in [9.17, 15) is 16.8 Å². The van der Waals surface area contributed by atoms with E-state index in [-0.39, 0.29) is 4.90 Å². The lowest BCUT2D eigenvalue weighted by atomic mass is 10.1. The summed E-state index contributed by atoms with van der Waals surface area (Å²) in [5, 5.41) is 4.48. The Kier molecular flexibility index (Phi) is 12.8. The van der Waals surface area contributed by atoms with Crippen LogP contribution in [0.3, 0.4) is 0 Å². The molecule has 0 amide bonds. The zero-order valence-electron chi connectivity index (χ0n) is 20.5. The van der Waals surface area contributed by atoms with Crippen molar-refractivity contribution in [2.75, 3.05) is 12.8 Å². The van der Waals surface area contributed by atoms with E-state index >= 15 is 0 Å². The van der Waals surface area contributed by atoms with Gasteiger partial charge < -0.3 is 0 Å². The highest BCUT2D eigenvalue weighted by Gasteiger charge is 2.16. The lowest BCUT2D eigenvalue weighted by molar-refractivity contribution is 0.549. The van der Waals surface area contributed by atoms with Crippen molar-refractivity contribution >= 4 is 31.2 Å². The molecule has 6 nitrogen and oxygen atoms in total. The predicted octanol–water partition coefficient (Wildman–Crippen LogP) is 5.66. The van der Waals surface area contributed by atoms with Gasteiger partial charge in [0.05, 0.1) is 4.90 Å². The van der Waals surface area contributed by atoms with Gasteiger partial charge in [0.2, 0.25) is 10.0 Å². The molecule has 2 aromatic rings. The summed E-state index contributed by atoms with van der Waals surface area (Å²) in [5.41, 5.74) is 0.912. The molecule has 1 heterocycles. The van der Waals surface area contributed by atoms with Crippen molar-refractivity contribution in [3.05, 3.63) is 46.8 Å². The number of nitrogens with one attached hydrogen (secondary N) is 1. The highest BCUT2D eigenvalue weighted by molar-refractivity contribution is 7.91. The van der Waals surface area contributed by atoms with Crippen LogP contribution in [0.1, 0.15) is 81.6 Å². The fourth-order valence-corrected chi connectivity index (χ4v) is 6.67. The molecule has 9 heteroatoms. The van der Waals surface area contributed by atoms with E-state index in [1.807, 2.05) is 0 Å². The molecule has 0 atom stereocenters. The summed E-state index contributed by atoms with van der Waals surface area (Å²) in [6, 6.07) is 10.1. The van der Waals surface area contributed by atoms with Gasteiger partial charge in [-0.1, -0.05) is 76.8 Å². The van der Waals surface area contributed by atoms with Gasteiger partial charge in [-0.25, -0.2) is 26.9 Å². The number of hydrogen-bond acceptors (Lipinski definition) is 5. The van der Waals surface area contributed by atoms with E-state index in [0.29, 0.717) is 23.8 Å². The molecular formula is C25H39N2O4S3. The summed E-state index contributed by atoms with van der Waals surface area (Å²) >= 11 is 1.24. The number of sulfonamides is 1. The lowest BCUT2D eigenvalue weighted by Gasteiger charge is -2.05. The number of benzene rings is 1. The van der Waals surface area contributed by atoms with E-state index in [4.69, 9.17) is 0 Å². The molecule has 0 aliphatic heterocycles. The molecule has 1 N–H and O–H groups in total. The van der Waals surface area contributed by atoms with Crippen LogP contribution >= 0.6 is 11.3 Å². The summed E-state index contributed by atoms with van der Waals surface area (Å²) in [7, 11) is -6.68. The normalized spacial score (nSPS) is 12.3. The SMILES string of the molecule is CCCCCCCCCCCCNS(=O)(=O)c1ccc(C[N]Cc2ccc(S(C)(=O)=O)cc2)s1. The molecule has 2 rings (SSSR count). The predicted molar refractivity (Wildman–Crippen MR) is 140 cm³/mol. The van der Waals surface area contributed by atoms with Crippen molar-refractivity contribution in [1.29, 1.82) is 0 Å². The van der Waals surface area contributed by atoms with Gasteiger partial charge in [-0.3, -0.25) is 0 Å². The van der Waals surface area contributed by atoms with Gasteiger partial charge in [-0.05, 0) is 36.2 Å². The van der Waals surface area contributed by atoms with Crippen molar-refractivity contribution in [3.63, 3.8) is 0 Å². The van der Waals surface area contributed by atoms with Gasteiger partial charge in [0.25, 0.3) is 0 Å². The average Bonchev–Trinajstić information content (AvgIpc) is 3.27. The molecule has 0 saturated heterocycles. The van der Waals surface area contributed by atoms with Crippen LogP contribution in [-0.2, 0) is 33.0 Å². The molecule has 34 heavy (non-hydrogen) atoms. The second-order valence-electron chi connectivity index (χ2n) is 8.76. The first-order valence-corrected chi connectivity index (χ1v) is 16.4. The topological polar surface area (TPSA) is 94.4 Å². The highest BCUT2D eigenvalue weighted by Crippen LogP contribution is 2.22. The van der Waals surface area contributed by atoms with Gasteiger partial charge in [-0.2, -0.15) is 0 Å². The molecule has 0 fully saturated rings. The Morgan fingerprint density at radius 1 is 0.765 bits per heavy atom. The zero-order chi connectivity index (χ0) is 24.9. The number of rotatable bonds is 18. The number of nitrogens with zero attached hydrogens (tertiary/aromatic N) is 1. The molecule has 0 spiro atoms. The molecule has 0 bridgehead atoms. The first kappa shape index (κ1) is 29.0. The molecule has 0 unspecified atom stereocenters. The Hall–Kier alpha value is -1.26. The fraction of sp³-hybridized carbons (Fsp3) is 0.600. The molecule has 0 aliphatic rings. The molecule has 1 radical (unpaired) electrons. The first-order chi connectivity index (χ1) is 16.2. The van der Waals surface area contributed by atoms with Crippen molar-refractivity contribution in [3.8, 4) is 0 Å². The molecule has 0 saturated carbocycles. The molecule has 1 aromatic carbocycles. The quantitative estimate of drug-likeness (QED) is 0.253. The van der Waals surface area contributed by atoms with Gasteiger partial charge in [-0.15, -0.1) is 11.3 Å². The third kappa shape index (κ3) is 11.0. The number of unbranched alkanes of at least 4 members (excludes halogenated alkanes) is 9. The largest absolute Gasteiger partial charge is 0.250 e. The standard InChI is InChI=1S/C25H39N2O4S3/c1-3-4-5-6-7-8-9-10-11-12-19-27-34(30,31)25-18-15-23(32-25)21-26-20-22-13-16-24(17-14-22)33(2,28)29/h13-18,27H,3-12,19-21H2,1-2H3. The Morgan fingerprint density at radius 3 is 1.94 bits per heavy atom. The Labute approximate surface area is 210 Å². The van der Waals surface area contributed by atoms with E-state index in [1.165, 1.54) is 62.5 Å². The summed E-state index contributed by atoms with van der Waals surface area (Å²) in [6.45, 7) is 3.57. The molecule has 0 aliphatic carbocycles. The number of sulfone groups is 1. The third-order valence-electron chi connectivity index (χ3n) is 5.64. The van der Waals surface area contributed by atoms with Gasteiger partial charge >= 0.3 is 0 Å². The smallest absolute Gasteiger partial charge is 0.231 e. The number of thiophene rings is 1. The Bertz CT molecular complexity index is 1050. The van der Waals surface area contributed by atoms with Crippen LogP contribution < -0.4 is 10.0 Å². The maximum atomic E-state index is 12.5. The van der Waals surface area contributed by atoms with Crippen molar-refractivity contribution in [2.45, 2.75) is 93.3 Å². The zero-order valence-corrected chi connectivity index (χ0v) is 22.9. The van der Waals surface area contributed by atoms with Crippen LogP contribution in [0.2, 0.25) is 0 Å².